The van der Waals surface area contributed by atoms with Gasteiger partial charge in [0.15, 0.2) is 0 Å². The first-order chi connectivity index (χ1) is 18.4. The van der Waals surface area contributed by atoms with Crippen LogP contribution in [0.2, 0.25) is 5.02 Å². The molecule has 0 N–H and O–H groups in total. The van der Waals surface area contributed by atoms with Crippen LogP contribution in [0.5, 0.6) is 5.75 Å². The summed E-state index contributed by atoms with van der Waals surface area (Å²) in [5.74, 6) is -0.316. The summed E-state index contributed by atoms with van der Waals surface area (Å²) in [5.41, 5.74) is 1.17. The second-order valence-electron chi connectivity index (χ2n) is 10.5. The number of hydrogen-bond donors (Lipinski definition) is 0. The molecule has 0 saturated carbocycles. The molecule has 0 aliphatic carbocycles. The lowest BCUT2D eigenvalue weighted by Gasteiger charge is -2.23. The SMILES string of the molecule is C[C@H](COc1ccc(CC2SC(=O)N(CC(=O)OC(C)(C)C)C2=O)cc1)N1C[C@@H](c2cccc(Cl)c2)OC1=S. The zero-order valence-electron chi connectivity index (χ0n) is 22.2. The Hall–Kier alpha value is -2.82. The maximum absolute atomic E-state index is 12.8. The van der Waals surface area contributed by atoms with Crippen molar-refractivity contribution in [1.29, 1.82) is 0 Å². The van der Waals surface area contributed by atoms with Crippen LogP contribution < -0.4 is 4.74 Å². The van der Waals surface area contributed by atoms with Gasteiger partial charge < -0.3 is 19.1 Å². The third kappa shape index (κ3) is 7.64. The average molecular weight is 591 g/mol. The Bertz CT molecular complexity index is 1250. The van der Waals surface area contributed by atoms with Gasteiger partial charge in [-0.3, -0.25) is 19.3 Å². The highest BCUT2D eigenvalue weighted by molar-refractivity contribution is 8.15. The van der Waals surface area contributed by atoms with Crippen molar-refractivity contribution in [3.05, 3.63) is 64.7 Å². The molecule has 11 heteroatoms. The number of hydrogen-bond acceptors (Lipinski definition) is 8. The Balaban J connectivity index is 1.26. The van der Waals surface area contributed by atoms with E-state index < -0.39 is 22.1 Å². The molecule has 2 heterocycles. The van der Waals surface area contributed by atoms with Gasteiger partial charge in [-0.1, -0.05) is 47.6 Å². The standard InChI is InChI=1S/C28H31ClN2O6S2/c1-17(30-14-22(36-27(30)38)19-6-5-7-20(29)13-19)16-35-21-10-8-18(9-11-21)12-23-25(33)31(26(34)39-23)15-24(32)37-28(2,3)4/h5-11,13,17,22-23H,12,14-16H2,1-4H3/t17-,22+,23?/m1/s1. The highest BCUT2D eigenvalue weighted by Gasteiger charge is 2.41. The zero-order valence-corrected chi connectivity index (χ0v) is 24.6. The largest absolute Gasteiger partial charge is 0.491 e. The summed E-state index contributed by atoms with van der Waals surface area (Å²) in [7, 11) is 0. The van der Waals surface area contributed by atoms with Crippen molar-refractivity contribution in [2.24, 2.45) is 0 Å². The number of carbonyl (C=O) groups is 3. The molecule has 0 spiro atoms. The molecule has 2 aromatic carbocycles. The van der Waals surface area contributed by atoms with Gasteiger partial charge in [0.25, 0.3) is 10.4 Å². The van der Waals surface area contributed by atoms with E-state index in [2.05, 4.69) is 0 Å². The number of ether oxygens (including phenoxy) is 3. The maximum Gasteiger partial charge on any atom is 0.326 e. The Morgan fingerprint density at radius 2 is 1.92 bits per heavy atom. The lowest BCUT2D eigenvalue weighted by molar-refractivity contribution is -0.157. The zero-order chi connectivity index (χ0) is 28.3. The van der Waals surface area contributed by atoms with Gasteiger partial charge in [0.05, 0.1) is 17.8 Å². The second-order valence-corrected chi connectivity index (χ2v) is 12.4. The second kappa shape index (κ2) is 12.1. The van der Waals surface area contributed by atoms with Gasteiger partial charge in [-0.05, 0) is 81.7 Å². The number of rotatable bonds is 9. The van der Waals surface area contributed by atoms with Crippen LogP contribution in [0.4, 0.5) is 4.79 Å². The van der Waals surface area contributed by atoms with Crippen LogP contribution in [-0.4, -0.2) is 68.7 Å². The van der Waals surface area contributed by atoms with E-state index in [9.17, 15) is 14.4 Å². The molecule has 3 atom stereocenters. The maximum atomic E-state index is 12.8. The van der Waals surface area contributed by atoms with Crippen LogP contribution in [0.1, 0.15) is 44.9 Å². The summed E-state index contributed by atoms with van der Waals surface area (Å²) in [4.78, 5) is 40.2. The summed E-state index contributed by atoms with van der Waals surface area (Å²) < 4.78 is 17.1. The minimum absolute atomic E-state index is 0.0177. The van der Waals surface area contributed by atoms with Crippen molar-refractivity contribution in [3.63, 3.8) is 0 Å². The third-order valence-corrected chi connectivity index (χ3v) is 7.78. The highest BCUT2D eigenvalue weighted by Crippen LogP contribution is 2.31. The Labute approximate surface area is 242 Å². The normalized spacial score (nSPS) is 20.3. The van der Waals surface area contributed by atoms with Crippen molar-refractivity contribution in [1.82, 2.24) is 9.80 Å². The molecule has 2 aliphatic heterocycles. The van der Waals surface area contributed by atoms with E-state index in [1.165, 1.54) is 0 Å². The van der Waals surface area contributed by atoms with Crippen LogP contribution in [0, 0.1) is 0 Å². The lowest BCUT2D eigenvalue weighted by Crippen LogP contribution is -2.39. The van der Waals surface area contributed by atoms with E-state index in [4.69, 9.17) is 38.0 Å². The number of benzene rings is 2. The van der Waals surface area contributed by atoms with Gasteiger partial charge in [-0.25, -0.2) is 0 Å². The molecule has 0 aromatic heterocycles. The smallest absolute Gasteiger partial charge is 0.326 e. The molecular formula is C28H31ClN2O6S2. The van der Waals surface area contributed by atoms with Gasteiger partial charge >= 0.3 is 5.97 Å². The number of imide groups is 1. The fourth-order valence-corrected chi connectivity index (χ4v) is 5.83. The molecule has 2 fully saturated rings. The number of halogens is 1. The Kier molecular flexibility index (Phi) is 9.08. The minimum atomic E-state index is -0.690. The van der Waals surface area contributed by atoms with Gasteiger partial charge in [0.1, 0.15) is 30.6 Å². The number of amides is 2. The van der Waals surface area contributed by atoms with E-state index in [1.54, 1.807) is 20.8 Å². The van der Waals surface area contributed by atoms with Gasteiger partial charge in [-0.15, -0.1) is 0 Å². The van der Waals surface area contributed by atoms with Crippen molar-refractivity contribution in [2.45, 2.75) is 57.1 Å². The van der Waals surface area contributed by atoms with Crippen molar-refractivity contribution < 1.29 is 28.6 Å². The monoisotopic (exact) mass is 590 g/mol. The molecular weight excluding hydrogens is 560 g/mol. The van der Waals surface area contributed by atoms with Crippen LogP contribution in [0.3, 0.4) is 0 Å². The molecule has 1 unspecified atom stereocenters. The quantitative estimate of drug-likeness (QED) is 0.281. The number of nitrogens with zero attached hydrogens (tertiary/aromatic N) is 2. The summed E-state index contributed by atoms with van der Waals surface area (Å²) in [6, 6.07) is 15.0. The van der Waals surface area contributed by atoms with E-state index >= 15 is 0 Å². The molecule has 2 aromatic rings. The number of thioether (sulfide) groups is 1. The summed E-state index contributed by atoms with van der Waals surface area (Å²) >= 11 is 12.5. The molecule has 2 saturated heterocycles. The first-order valence-electron chi connectivity index (χ1n) is 12.6. The molecule has 0 bridgehead atoms. The Morgan fingerprint density at radius 3 is 2.59 bits per heavy atom. The third-order valence-electron chi connectivity index (χ3n) is 6.14. The molecule has 2 amide bonds. The highest BCUT2D eigenvalue weighted by atomic mass is 35.5. The van der Waals surface area contributed by atoms with Gasteiger partial charge in [-0.2, -0.15) is 0 Å². The Morgan fingerprint density at radius 1 is 1.21 bits per heavy atom. The molecule has 208 valence electrons. The first-order valence-corrected chi connectivity index (χ1v) is 14.2. The van der Waals surface area contributed by atoms with Gasteiger partial charge in [0.2, 0.25) is 5.91 Å². The number of thiocarbonyl (C=S) groups is 1. The van der Waals surface area contributed by atoms with Crippen LogP contribution in [-0.2, 0) is 25.5 Å². The fraction of sp³-hybridized carbons (Fsp3) is 0.429. The molecule has 0 radical (unpaired) electrons. The number of esters is 1. The number of carbonyl (C=O) groups excluding carboxylic acids is 3. The van der Waals surface area contributed by atoms with Crippen LogP contribution in [0.15, 0.2) is 48.5 Å². The topological polar surface area (TPSA) is 85.4 Å². The van der Waals surface area contributed by atoms with Crippen molar-refractivity contribution in [2.75, 3.05) is 19.7 Å². The lowest BCUT2D eigenvalue weighted by atomic mass is 10.1. The average Bonchev–Trinajstić information content (AvgIpc) is 3.37. The summed E-state index contributed by atoms with van der Waals surface area (Å²) in [5, 5.41) is 0.0582. The van der Waals surface area contributed by atoms with E-state index in [-0.39, 0.29) is 24.6 Å². The molecule has 8 nitrogen and oxygen atoms in total. The fourth-order valence-electron chi connectivity index (χ4n) is 4.24. The van der Waals surface area contributed by atoms with Crippen LogP contribution >= 0.6 is 35.6 Å². The molecule has 39 heavy (non-hydrogen) atoms. The van der Waals surface area contributed by atoms with Crippen LogP contribution in [0.25, 0.3) is 0 Å². The molecule has 4 rings (SSSR count). The predicted molar refractivity (Wildman–Crippen MR) is 154 cm³/mol. The van der Waals surface area contributed by atoms with Crippen molar-refractivity contribution in [3.8, 4) is 5.75 Å². The van der Waals surface area contributed by atoms with Crippen molar-refractivity contribution >= 4 is 57.9 Å². The predicted octanol–water partition coefficient (Wildman–Crippen LogP) is 5.41. The minimum Gasteiger partial charge on any atom is -0.491 e. The van der Waals surface area contributed by atoms with Gasteiger partial charge in [0, 0.05) is 5.02 Å². The molecule has 2 aliphatic rings. The van der Waals surface area contributed by atoms with E-state index in [0.717, 1.165) is 27.8 Å². The van der Waals surface area contributed by atoms with E-state index in [1.807, 2.05) is 60.4 Å². The first kappa shape index (κ1) is 29.2. The van der Waals surface area contributed by atoms with E-state index in [0.29, 0.717) is 35.5 Å². The summed E-state index contributed by atoms with van der Waals surface area (Å²) in [6.07, 6.45) is 0.183. The summed E-state index contributed by atoms with van der Waals surface area (Å²) in [6.45, 7) is 7.85.